The summed E-state index contributed by atoms with van der Waals surface area (Å²) in [7, 11) is 0. The summed E-state index contributed by atoms with van der Waals surface area (Å²) in [4.78, 5) is 45.3. The average Bonchev–Trinajstić information content (AvgIpc) is 1.41. The molecule has 0 amide bonds. The van der Waals surface area contributed by atoms with Gasteiger partial charge in [-0.3, -0.25) is 49.8 Å². The Kier molecular flexibility index (Phi) is 33.5. The first-order chi connectivity index (χ1) is 64.0. The molecule has 0 N–H and O–H groups in total. The van der Waals surface area contributed by atoms with E-state index < -0.39 is 0 Å². The molecule has 0 aliphatic rings. The molecule has 0 aliphatic heterocycles. The van der Waals surface area contributed by atoms with Gasteiger partial charge in [-0.05, 0) is 190 Å². The van der Waals surface area contributed by atoms with Crippen LogP contribution < -0.4 is 0 Å². The van der Waals surface area contributed by atoms with Crippen molar-refractivity contribution in [1.82, 2.24) is 72.7 Å². The van der Waals surface area contributed by atoms with E-state index in [0.717, 1.165) is 125 Å². The Bertz CT molecular complexity index is 7870. The summed E-state index contributed by atoms with van der Waals surface area (Å²) in [5.74, 6) is 5.30. The van der Waals surface area contributed by atoms with Crippen LogP contribution in [0.1, 0.15) is 89.6 Å². The summed E-state index contributed by atoms with van der Waals surface area (Å²) in [6.45, 7) is 24.0. The summed E-state index contributed by atoms with van der Waals surface area (Å²) >= 11 is 8.15. The quantitative estimate of drug-likeness (QED) is 0.0906. The largest absolute Gasteiger partial charge is 0.340 e. The molecule has 0 spiro atoms. The third kappa shape index (κ3) is 21.3. The Morgan fingerprint density at radius 3 is 0.801 bits per heavy atom. The van der Waals surface area contributed by atoms with Crippen LogP contribution in [0.15, 0.2) is 320 Å². The number of imidazole rings is 5. The maximum atomic E-state index is 4.73. The van der Waals surface area contributed by atoms with Gasteiger partial charge in [0.2, 0.25) is 0 Å². The van der Waals surface area contributed by atoms with Crippen LogP contribution in [0.5, 0.6) is 0 Å². The van der Waals surface area contributed by atoms with Crippen LogP contribution in [0.3, 0.4) is 0 Å². The number of aromatic nitrogens is 15. The van der Waals surface area contributed by atoms with Gasteiger partial charge in [-0.2, -0.15) is 56.7 Å². The van der Waals surface area contributed by atoms with E-state index in [4.69, 9.17) is 4.98 Å². The van der Waals surface area contributed by atoms with E-state index in [0.29, 0.717) is 11.8 Å². The second-order valence-corrected chi connectivity index (χ2v) is 37.1. The van der Waals surface area contributed by atoms with Gasteiger partial charge >= 0.3 is 0 Å². The van der Waals surface area contributed by atoms with Crippen molar-refractivity contribution in [2.24, 2.45) is 0 Å². The van der Waals surface area contributed by atoms with Crippen LogP contribution in [-0.4, -0.2) is 72.7 Å². The number of rotatable bonds is 15. The molecular weight excluding hydrogens is 2660 g/mol. The molecule has 687 valence electrons. The minimum absolute atomic E-state index is 0. The Morgan fingerprint density at radius 1 is 0.243 bits per heavy atom. The minimum atomic E-state index is 0. The average molecular weight is 2750 g/mol. The maximum Gasteiger partial charge on any atom is 0.0692 e. The molecule has 0 bridgehead atoms. The molecule has 136 heavy (non-hydrogen) atoms. The molecule has 15 nitrogen and oxygen atoms in total. The van der Waals surface area contributed by atoms with Crippen LogP contribution in [0.2, 0.25) is 0 Å². The molecule has 23 rings (SSSR count). The molecule has 0 atom stereocenters. The van der Waals surface area contributed by atoms with Crippen LogP contribution in [0.25, 0.3) is 170 Å². The number of benzene rings is 13. The molecule has 25 heteroatoms. The van der Waals surface area contributed by atoms with Crippen LogP contribution >= 0.6 is 56.7 Å². The number of nitrogens with zero attached hydrogens (tertiary/aromatic N) is 15. The molecule has 0 aliphatic carbocycles. The predicted molar refractivity (Wildman–Crippen MR) is 543 cm³/mol. The molecule has 0 saturated carbocycles. The Morgan fingerprint density at radius 2 is 0.500 bits per heavy atom. The van der Waals surface area contributed by atoms with Crippen molar-refractivity contribution >= 4 is 108 Å². The van der Waals surface area contributed by atoms with Crippen molar-refractivity contribution < 1.29 is 101 Å². The maximum absolute atomic E-state index is 4.73. The summed E-state index contributed by atoms with van der Waals surface area (Å²) in [6, 6.07) is 97.0. The number of hydrogen-bond acceptors (Lipinski definition) is 15. The third-order valence-corrected chi connectivity index (χ3v) is 27.1. The number of para-hydroxylation sites is 3. The number of hydrogen-bond donors (Lipinski definition) is 0. The molecule has 13 aromatic carbocycles. The van der Waals surface area contributed by atoms with Crippen molar-refractivity contribution in [3.05, 3.63) is 400 Å². The number of thiazole rings is 5. The first kappa shape index (κ1) is 101. The zero-order valence-corrected chi connectivity index (χ0v) is 91.7. The van der Waals surface area contributed by atoms with Crippen LogP contribution in [0, 0.1) is 78.8 Å². The van der Waals surface area contributed by atoms with Gasteiger partial charge in [-0.15, -0.1) is 119 Å². The van der Waals surface area contributed by atoms with Gasteiger partial charge < -0.3 is 22.8 Å². The van der Waals surface area contributed by atoms with Gasteiger partial charge in [0.15, 0.2) is 0 Å². The summed E-state index contributed by atoms with van der Waals surface area (Å²) in [5, 5.41) is 0. The zero-order valence-electron chi connectivity index (χ0n) is 75.7. The van der Waals surface area contributed by atoms with E-state index in [-0.39, 0.29) is 101 Å². The van der Waals surface area contributed by atoms with E-state index in [1.807, 2.05) is 132 Å². The topological polar surface area (TPSA) is 154 Å². The molecule has 0 unspecified atom stereocenters. The van der Waals surface area contributed by atoms with Gasteiger partial charge in [0.1, 0.15) is 0 Å². The Balaban J connectivity index is 0.000000136. The molecular formula is C111H88Ir5N15S5-5. The van der Waals surface area contributed by atoms with Crippen molar-refractivity contribution in [3.8, 4) is 119 Å². The number of aryl methyl sites for hydroxylation is 7. The summed E-state index contributed by atoms with van der Waals surface area (Å²) in [5.41, 5.74) is 43.4. The second-order valence-electron chi connectivity index (χ2n) is 32.7. The fourth-order valence-corrected chi connectivity index (χ4v) is 20.4. The van der Waals surface area contributed by atoms with Crippen LogP contribution in [-0.2, 0) is 101 Å². The van der Waals surface area contributed by atoms with Gasteiger partial charge in [-0.1, -0.05) is 191 Å². The van der Waals surface area contributed by atoms with Crippen molar-refractivity contribution in [2.45, 2.75) is 88.0 Å². The molecule has 5 radical (unpaired) electrons. The van der Waals surface area contributed by atoms with E-state index in [1.54, 1.807) is 56.7 Å². The normalized spacial score (nSPS) is 10.9. The van der Waals surface area contributed by atoms with Gasteiger partial charge in [0.25, 0.3) is 0 Å². The predicted octanol–water partition coefficient (Wildman–Crippen LogP) is 29.1. The molecule has 0 saturated heterocycles. The monoisotopic (exact) mass is 2760 g/mol. The smallest absolute Gasteiger partial charge is 0.0692 e. The summed E-state index contributed by atoms with van der Waals surface area (Å²) < 4.78 is 16.5. The van der Waals surface area contributed by atoms with Crippen molar-refractivity contribution in [3.63, 3.8) is 0 Å². The molecule has 0 fully saturated rings. The van der Waals surface area contributed by atoms with Gasteiger partial charge in [0.05, 0.1) is 62.4 Å². The summed E-state index contributed by atoms with van der Waals surface area (Å²) in [6.07, 6.45) is 19.4. The molecule has 10 aromatic heterocycles. The minimum Gasteiger partial charge on any atom is -0.340 e. The first-order valence-electron chi connectivity index (χ1n) is 43.1. The second kappa shape index (κ2) is 45.3. The fourth-order valence-electron chi connectivity index (χ4n) is 17.2. The van der Waals surface area contributed by atoms with Crippen molar-refractivity contribution in [2.75, 3.05) is 0 Å². The number of fused-ring (bicyclic) bond motifs is 5. The van der Waals surface area contributed by atoms with E-state index in [1.165, 1.54) is 95.1 Å². The fraction of sp³-hybridized carbons (Fsp3) is 0.117. The SMILES string of the molecule is CC(C)c1cccc(C(C)C)c1-n1ccnc1-c1[c-]cc2scnc2c1.Cc1cc(-c2ccccc2)cc(C)c1-n1ccnc1-c1[c-]cc2scnc2c1.Cc1cc(C)c(-n2ccnc2-c2[c-]cc3scnc3c2)c(C)c1.Cc1cccc(C)c1-n1ccnc1-c1[c-]cc2scnc2c1.[Ir].[Ir].[Ir].[Ir].[Ir].[c-]1cc2scnc2cc1-c1nccn1-c1c(-c2ccccc2)cccc1-c1ccccc1. The van der Waals surface area contributed by atoms with E-state index >= 15 is 0 Å². The van der Waals surface area contributed by atoms with Gasteiger partial charge in [0, 0.05) is 196 Å². The Hall–Kier alpha value is -11.4. The zero-order chi connectivity index (χ0) is 89.8. The van der Waals surface area contributed by atoms with Gasteiger partial charge in [-0.25, -0.2) is 0 Å². The third-order valence-electron chi connectivity index (χ3n) is 23.2. The molecule has 23 aromatic rings. The first-order valence-corrected chi connectivity index (χ1v) is 47.5. The van der Waals surface area contributed by atoms with Crippen molar-refractivity contribution in [1.29, 1.82) is 0 Å². The van der Waals surface area contributed by atoms with E-state index in [9.17, 15) is 0 Å². The van der Waals surface area contributed by atoms with E-state index in [2.05, 4.69) is 362 Å². The molecule has 10 heterocycles. The standard InChI is InChI=1S/C28H18N3S.C24H18N3S.C22H22N3S.C19H16N3S.C18H14N3S.5Ir/c1-3-8-20(9-4-1)23-12-7-13-24(21-10-5-2-6-11-21)27(23)31-17-16-29-28(31)22-14-15-26-25(18-22)30-19-32-26;1-16-12-20(18-6-4-3-5-7-18)13-17(2)23(16)27-11-10-25-24(27)19-8-9-22-21(14-19)26-15-28-22;1-14(2)17-6-5-7-18(15(3)4)21(17)25-11-10-23-22(25)16-8-9-20-19(12-16)24-13-26-20;1-12-8-13(2)18(14(3)9-12)22-7-6-20-19(22)15-4-5-17-16(10-15)21-11-23-17;1-12-4-3-5-13(2)17(12)21-9-8-19-18(21)14-6-7-16-15(10-14)20-11-22-16;;;;;/h1-13,15-19H;3-7,9-15H,1-2H3;5-7,9-15H,1-4H3;5-11H,1-3H3;3-5,7-11H,1-2H3;;;;;/q5*-1;;;;;. The Labute approximate surface area is 878 Å². The van der Waals surface area contributed by atoms with Crippen LogP contribution in [0.4, 0.5) is 0 Å².